The summed E-state index contributed by atoms with van der Waals surface area (Å²) < 4.78 is 22.7. The lowest BCUT2D eigenvalue weighted by Crippen LogP contribution is -2.42. The van der Waals surface area contributed by atoms with Crippen molar-refractivity contribution in [3.05, 3.63) is 34.7 Å². The van der Waals surface area contributed by atoms with E-state index in [-0.39, 0.29) is 25.0 Å². The van der Waals surface area contributed by atoms with Crippen LogP contribution in [0.15, 0.2) is 17.8 Å². The van der Waals surface area contributed by atoms with Gasteiger partial charge in [0.25, 0.3) is 0 Å². The fourth-order valence-electron chi connectivity index (χ4n) is 3.19. The van der Waals surface area contributed by atoms with Gasteiger partial charge in [0.15, 0.2) is 5.78 Å². The monoisotopic (exact) mass is 313 g/mol. The van der Waals surface area contributed by atoms with E-state index >= 15 is 0 Å². The van der Waals surface area contributed by atoms with Crippen LogP contribution in [0.25, 0.3) is 5.70 Å². The highest BCUT2D eigenvalue weighted by Gasteiger charge is 2.33. The van der Waals surface area contributed by atoms with Crippen molar-refractivity contribution in [2.24, 2.45) is 0 Å². The minimum absolute atomic E-state index is 0.0973. The number of Topliss-reactive ketones (excluding diaryl/α,β-unsaturated/α-hetero) is 1. The second-order valence-electron chi connectivity index (χ2n) is 6.17. The molecular weight excluding hydrogens is 288 g/mol. The molecule has 1 aliphatic carbocycles. The summed E-state index contributed by atoms with van der Waals surface area (Å²) in [5, 5.41) is 10.5. The zero-order valence-electron chi connectivity index (χ0n) is 16.2. The Kier molecular flexibility index (Phi) is 3.12. The van der Waals surface area contributed by atoms with Crippen molar-refractivity contribution in [3.63, 3.8) is 0 Å². The van der Waals surface area contributed by atoms with E-state index in [0.29, 0.717) is 24.4 Å². The molecule has 0 saturated carbocycles. The summed E-state index contributed by atoms with van der Waals surface area (Å²) >= 11 is 0. The second kappa shape index (κ2) is 5.82. The van der Waals surface area contributed by atoms with Gasteiger partial charge in [0.05, 0.1) is 16.9 Å². The number of hydrogen-bond acceptors (Lipinski definition) is 4. The maximum absolute atomic E-state index is 12.5. The Bertz CT molecular complexity index is 813. The van der Waals surface area contributed by atoms with Gasteiger partial charge in [-0.05, 0) is 37.7 Å². The third kappa shape index (κ3) is 2.89. The van der Waals surface area contributed by atoms with Gasteiger partial charge in [0.1, 0.15) is 0 Å². The van der Waals surface area contributed by atoms with Crippen LogP contribution < -0.4 is 0 Å². The molecule has 4 heteroatoms. The molecule has 23 heavy (non-hydrogen) atoms. The molecule has 1 fully saturated rings. The number of hydrogen-bond donors (Lipinski definition) is 1. The molecule has 0 spiro atoms. The van der Waals surface area contributed by atoms with E-state index in [2.05, 4.69) is 10.9 Å². The molecule has 1 aromatic heterocycles. The number of nitrogens with zero attached hydrogens (tertiary/aromatic N) is 2. The number of rotatable bonds is 2. The largest absolute Gasteiger partial charge is 0.390 e. The van der Waals surface area contributed by atoms with Gasteiger partial charge in [-0.3, -0.25) is 9.78 Å². The van der Waals surface area contributed by atoms with Gasteiger partial charge in [0.2, 0.25) is 0 Å². The van der Waals surface area contributed by atoms with E-state index < -0.39 is 12.5 Å². The molecule has 4 nitrogen and oxygen atoms in total. The van der Waals surface area contributed by atoms with E-state index in [1.54, 1.807) is 6.20 Å². The van der Waals surface area contributed by atoms with Crippen LogP contribution >= 0.6 is 0 Å². The van der Waals surface area contributed by atoms with Crippen molar-refractivity contribution in [1.29, 1.82) is 0 Å². The van der Waals surface area contributed by atoms with Gasteiger partial charge < -0.3 is 10.0 Å². The number of aryl methyl sites for hydroxylation is 1. The first-order valence-electron chi connectivity index (χ1n) is 9.40. The molecule has 0 atom stereocenters. The van der Waals surface area contributed by atoms with Gasteiger partial charge in [-0.15, -0.1) is 6.42 Å². The number of terminal acetylenes is 1. The number of allylic oxidation sites excluding steroid dienone is 1. The summed E-state index contributed by atoms with van der Waals surface area (Å²) in [4.78, 5) is 18.8. The smallest absolute Gasteiger partial charge is 0.177 e. The number of ketones is 1. The molecule has 2 heterocycles. The molecule has 1 aromatic rings. The van der Waals surface area contributed by atoms with Crippen molar-refractivity contribution in [3.8, 4) is 12.3 Å². The molecule has 120 valence electrons. The lowest BCUT2D eigenvalue weighted by atomic mass is 9.86. The number of likely N-dealkylation sites (tertiary alicyclic amines) is 1. The van der Waals surface area contributed by atoms with Crippen LogP contribution in [0.3, 0.4) is 0 Å². The van der Waals surface area contributed by atoms with Crippen LogP contribution in [-0.2, 0) is 17.6 Å². The minimum atomic E-state index is -2.43. The molecule has 1 saturated heterocycles. The molecule has 3 rings (SSSR count). The lowest BCUT2D eigenvalue weighted by Gasteiger charge is -2.40. The SMILES string of the molecule is [2H]C([2H])([2H])C1(O)CCN(C2=C(C#C)C(=O)Cc3cnc(CC)cc32)CC1. The number of fused-ring (bicyclic) bond motifs is 1. The normalized spacial score (nSPS) is 22.7. The van der Waals surface area contributed by atoms with Crippen LogP contribution in [0, 0.1) is 12.3 Å². The maximum Gasteiger partial charge on any atom is 0.177 e. The molecule has 0 amide bonds. The summed E-state index contributed by atoms with van der Waals surface area (Å²) in [5.74, 6) is 2.40. The van der Waals surface area contributed by atoms with Gasteiger partial charge in [-0.25, -0.2) is 0 Å². The van der Waals surface area contributed by atoms with Crippen molar-refractivity contribution in [2.75, 3.05) is 13.1 Å². The lowest BCUT2D eigenvalue weighted by molar-refractivity contribution is -0.114. The van der Waals surface area contributed by atoms with Crippen LogP contribution in [0.1, 0.15) is 47.6 Å². The minimum Gasteiger partial charge on any atom is -0.390 e. The third-order valence-corrected chi connectivity index (χ3v) is 4.58. The molecular formula is C19H22N2O2. The number of carbonyl (C=O) groups is 1. The highest BCUT2D eigenvalue weighted by atomic mass is 16.3. The Balaban J connectivity index is 2.01. The van der Waals surface area contributed by atoms with Crippen LogP contribution in [-0.4, -0.2) is 39.5 Å². The van der Waals surface area contributed by atoms with E-state index in [0.717, 1.165) is 23.2 Å². The zero-order valence-corrected chi connectivity index (χ0v) is 13.2. The fourth-order valence-corrected chi connectivity index (χ4v) is 3.19. The number of carbonyl (C=O) groups excluding carboxylic acids is 1. The van der Waals surface area contributed by atoms with E-state index in [1.807, 2.05) is 17.9 Å². The molecule has 1 aliphatic heterocycles. The average Bonchev–Trinajstić information content (AvgIpc) is 2.60. The number of piperidine rings is 1. The second-order valence-corrected chi connectivity index (χ2v) is 6.17. The van der Waals surface area contributed by atoms with Crippen molar-refractivity contribution >= 4 is 11.5 Å². The Hall–Kier alpha value is -2.12. The maximum atomic E-state index is 12.5. The average molecular weight is 313 g/mol. The topological polar surface area (TPSA) is 53.4 Å². The number of pyridine rings is 1. The predicted molar refractivity (Wildman–Crippen MR) is 89.5 cm³/mol. The highest BCUT2D eigenvalue weighted by molar-refractivity contribution is 6.10. The Labute approximate surface area is 141 Å². The number of aromatic nitrogens is 1. The van der Waals surface area contributed by atoms with Crippen molar-refractivity contribution in [1.82, 2.24) is 9.88 Å². The summed E-state index contributed by atoms with van der Waals surface area (Å²) in [6, 6.07) is 1.96. The van der Waals surface area contributed by atoms with Crippen LogP contribution in [0.5, 0.6) is 0 Å². The summed E-state index contributed by atoms with van der Waals surface area (Å²) in [7, 11) is 0. The number of aliphatic hydroxyl groups is 1. The Morgan fingerprint density at radius 3 is 2.87 bits per heavy atom. The quantitative estimate of drug-likeness (QED) is 0.848. The van der Waals surface area contributed by atoms with Crippen LogP contribution in [0.2, 0.25) is 0 Å². The van der Waals surface area contributed by atoms with Gasteiger partial charge in [-0.2, -0.15) is 0 Å². The van der Waals surface area contributed by atoms with E-state index in [9.17, 15) is 9.90 Å². The van der Waals surface area contributed by atoms with E-state index in [1.165, 1.54) is 0 Å². The summed E-state index contributed by atoms with van der Waals surface area (Å²) in [6.45, 7) is 0.228. The Morgan fingerprint density at radius 1 is 1.52 bits per heavy atom. The predicted octanol–water partition coefficient (Wildman–Crippen LogP) is 1.96. The van der Waals surface area contributed by atoms with Crippen molar-refractivity contribution < 1.29 is 14.0 Å². The first-order valence-corrected chi connectivity index (χ1v) is 7.90. The molecule has 0 radical (unpaired) electrons. The van der Waals surface area contributed by atoms with Crippen LogP contribution in [0.4, 0.5) is 0 Å². The fraction of sp³-hybridized carbons (Fsp3) is 0.474. The standard InChI is InChI=1S/C19H22N2O2/c1-4-14-11-16-13(12-20-14)10-17(22)15(5-2)18(16)21-8-6-19(3,23)7-9-21/h2,11-12,23H,4,6-10H2,1,3H3/i3D3. The van der Waals surface area contributed by atoms with Crippen molar-refractivity contribution in [2.45, 2.75) is 45.1 Å². The molecule has 0 aromatic carbocycles. The van der Waals surface area contributed by atoms with Gasteiger partial charge in [0, 0.05) is 41.1 Å². The highest BCUT2D eigenvalue weighted by Crippen LogP contribution is 2.35. The molecule has 1 N–H and O–H groups in total. The summed E-state index contributed by atoms with van der Waals surface area (Å²) in [5.41, 5.74) is 1.92. The Morgan fingerprint density at radius 2 is 2.26 bits per heavy atom. The van der Waals surface area contributed by atoms with E-state index in [4.69, 9.17) is 10.5 Å². The first kappa shape index (κ1) is 12.3. The zero-order chi connectivity index (χ0) is 19.1. The molecule has 0 bridgehead atoms. The first-order chi connectivity index (χ1) is 12.2. The molecule has 0 unspecified atom stereocenters. The van der Waals surface area contributed by atoms with Gasteiger partial charge >= 0.3 is 0 Å². The van der Waals surface area contributed by atoms with Gasteiger partial charge in [-0.1, -0.05) is 12.8 Å². The molecule has 2 aliphatic rings. The summed E-state index contributed by atoms with van der Waals surface area (Å²) in [6.07, 6.45) is 8.54. The third-order valence-electron chi connectivity index (χ3n) is 4.58.